The maximum Gasteiger partial charge on any atom is 0.272 e. The van der Waals surface area contributed by atoms with E-state index in [1.54, 1.807) is 73.7 Å². The van der Waals surface area contributed by atoms with Crippen molar-refractivity contribution in [3.05, 3.63) is 183 Å². The first-order valence-corrected chi connectivity index (χ1v) is 18.9. The highest BCUT2D eigenvalue weighted by Crippen LogP contribution is 2.39. The number of nitrogens with one attached hydrogen (secondary N) is 4. The largest absolute Gasteiger partial charge is 0.321 e. The third kappa shape index (κ3) is 9.83. The zero-order valence-electron chi connectivity index (χ0n) is 29.8. The molecule has 1 unspecified atom stereocenters. The Balaban J connectivity index is 1.23. The minimum Gasteiger partial charge on any atom is -0.321 e. The minimum atomic E-state index is -0.773. The molecule has 4 amide bonds. The Kier molecular flexibility index (Phi) is 12.3. The number of carbonyl (C=O) groups excluding carboxylic acids is 4. The van der Waals surface area contributed by atoms with E-state index < -0.39 is 23.0 Å². The van der Waals surface area contributed by atoms with E-state index in [0.29, 0.717) is 37.8 Å². The molecule has 0 bridgehead atoms. The van der Waals surface area contributed by atoms with E-state index in [2.05, 4.69) is 27.3 Å². The summed E-state index contributed by atoms with van der Waals surface area (Å²) in [6.45, 7) is 3.63. The molecule has 272 valence electrons. The molecule has 4 N–H and O–H groups in total. The first kappa shape index (κ1) is 38.0. The van der Waals surface area contributed by atoms with Crippen LogP contribution in [-0.2, 0) is 9.59 Å². The van der Waals surface area contributed by atoms with Crippen LogP contribution in [-0.4, -0.2) is 23.6 Å². The smallest absolute Gasteiger partial charge is 0.272 e. The van der Waals surface area contributed by atoms with Crippen molar-refractivity contribution in [2.75, 3.05) is 16.0 Å². The van der Waals surface area contributed by atoms with Crippen molar-refractivity contribution in [2.24, 2.45) is 0 Å². The Hall–Kier alpha value is -6.74. The number of thioether (sulfide) groups is 1. The Bertz CT molecular complexity index is 2420. The summed E-state index contributed by atoms with van der Waals surface area (Å²) in [5, 5.41) is 21.0. The van der Waals surface area contributed by atoms with Crippen molar-refractivity contribution < 1.29 is 19.2 Å². The van der Waals surface area contributed by atoms with Gasteiger partial charge < -0.3 is 21.3 Å². The number of nitriles is 1. The number of aryl methyl sites for hydroxylation is 1. The molecule has 0 aliphatic heterocycles. The van der Waals surface area contributed by atoms with Gasteiger partial charge in [-0.15, -0.1) is 23.1 Å². The molecule has 0 radical (unpaired) electrons. The summed E-state index contributed by atoms with van der Waals surface area (Å²) in [6.07, 6.45) is 1.62. The molecule has 1 aromatic heterocycles. The molecule has 11 heteroatoms. The second-order valence-corrected chi connectivity index (χ2v) is 14.6. The Morgan fingerprint density at radius 1 is 0.709 bits per heavy atom. The third-order valence-electron chi connectivity index (χ3n) is 8.30. The van der Waals surface area contributed by atoms with Gasteiger partial charge >= 0.3 is 0 Å². The van der Waals surface area contributed by atoms with Gasteiger partial charge in [0.2, 0.25) is 5.91 Å². The molecule has 0 aliphatic rings. The van der Waals surface area contributed by atoms with Crippen LogP contribution in [0.3, 0.4) is 0 Å². The van der Waals surface area contributed by atoms with Gasteiger partial charge in [0.25, 0.3) is 17.7 Å². The molecule has 5 aromatic carbocycles. The number of hydrogen-bond acceptors (Lipinski definition) is 7. The van der Waals surface area contributed by atoms with Crippen LogP contribution < -0.4 is 21.3 Å². The number of nitrogens with zero attached hydrogens (tertiary/aromatic N) is 1. The monoisotopic (exact) mass is 761 g/mol. The molecule has 0 saturated heterocycles. The summed E-state index contributed by atoms with van der Waals surface area (Å²) in [5.41, 5.74) is 4.64. The fourth-order valence-corrected chi connectivity index (χ4v) is 7.73. The van der Waals surface area contributed by atoms with E-state index >= 15 is 0 Å². The molecule has 0 saturated carbocycles. The number of para-hydroxylation sites is 1. The zero-order valence-corrected chi connectivity index (χ0v) is 31.5. The molecular formula is C44H35N5O4S2. The summed E-state index contributed by atoms with van der Waals surface area (Å²) >= 11 is 2.30. The van der Waals surface area contributed by atoms with Crippen molar-refractivity contribution in [1.82, 2.24) is 5.32 Å². The van der Waals surface area contributed by atoms with E-state index in [-0.39, 0.29) is 22.2 Å². The number of benzene rings is 5. The molecule has 0 fully saturated rings. The molecule has 0 spiro atoms. The average Bonchev–Trinajstić information content (AvgIpc) is 3.51. The fourth-order valence-electron chi connectivity index (χ4n) is 5.59. The number of amides is 4. The van der Waals surface area contributed by atoms with Gasteiger partial charge in [0.15, 0.2) is 0 Å². The van der Waals surface area contributed by atoms with Crippen LogP contribution in [0.5, 0.6) is 0 Å². The molecule has 1 atom stereocenters. The van der Waals surface area contributed by atoms with Crippen LogP contribution in [0.1, 0.15) is 53.1 Å². The van der Waals surface area contributed by atoms with E-state index in [1.165, 1.54) is 11.8 Å². The summed E-state index contributed by atoms with van der Waals surface area (Å²) < 4.78 is 0. The molecule has 0 aliphatic carbocycles. The summed E-state index contributed by atoms with van der Waals surface area (Å²) in [6, 6.07) is 43.6. The van der Waals surface area contributed by atoms with Crippen molar-refractivity contribution in [1.29, 1.82) is 5.26 Å². The minimum absolute atomic E-state index is 0.0513. The molecule has 55 heavy (non-hydrogen) atoms. The first-order chi connectivity index (χ1) is 26.7. The lowest BCUT2D eigenvalue weighted by Gasteiger charge is -2.17. The van der Waals surface area contributed by atoms with Gasteiger partial charge in [0.05, 0.1) is 10.4 Å². The second-order valence-electron chi connectivity index (χ2n) is 12.4. The van der Waals surface area contributed by atoms with Crippen LogP contribution >= 0.6 is 23.1 Å². The third-order valence-corrected chi connectivity index (χ3v) is 10.8. The highest BCUT2D eigenvalue weighted by molar-refractivity contribution is 8.00. The van der Waals surface area contributed by atoms with Gasteiger partial charge in [-0.1, -0.05) is 103 Å². The number of carbonyl (C=O) groups is 4. The lowest BCUT2D eigenvalue weighted by molar-refractivity contribution is -0.116. The number of thiophene rings is 1. The molecular weight excluding hydrogens is 727 g/mol. The molecule has 1 heterocycles. The highest BCUT2D eigenvalue weighted by Gasteiger charge is 2.27. The fraction of sp³-hybridized carbons (Fsp3) is 0.0682. The summed E-state index contributed by atoms with van der Waals surface area (Å²) in [7, 11) is 0. The maximum absolute atomic E-state index is 14.1. The van der Waals surface area contributed by atoms with Crippen LogP contribution in [0.4, 0.5) is 16.4 Å². The average molecular weight is 762 g/mol. The Morgan fingerprint density at radius 3 is 2.05 bits per heavy atom. The van der Waals surface area contributed by atoms with Gasteiger partial charge in [-0.25, -0.2) is 0 Å². The van der Waals surface area contributed by atoms with Gasteiger partial charge in [-0.2, -0.15) is 5.26 Å². The summed E-state index contributed by atoms with van der Waals surface area (Å²) in [4.78, 5) is 55.2. The van der Waals surface area contributed by atoms with Gasteiger partial charge in [-0.05, 0) is 79.1 Å². The predicted molar refractivity (Wildman–Crippen MR) is 220 cm³/mol. The van der Waals surface area contributed by atoms with Crippen molar-refractivity contribution in [3.8, 4) is 6.07 Å². The van der Waals surface area contributed by atoms with E-state index in [9.17, 15) is 24.4 Å². The van der Waals surface area contributed by atoms with Gasteiger partial charge in [0, 0.05) is 21.8 Å². The standard InChI is InChI=1S/C44H35N5O4S2/c1-28-14-12-15-30(24-28)25-37(48-40(50)32-18-8-4-9-19-32)41(51)47-34-22-13-23-35(26-34)54-39(31-16-6-3-7-17-31)43(53)49-44-36(27-45)29(2)38(55-44)42(52)46-33-20-10-5-11-21-33/h3-26,39H,1-2H3,(H,46,52)(H,47,51)(H,48,50)(H,49,53)/b37-25+. The Labute approximate surface area is 327 Å². The quantitative estimate of drug-likeness (QED) is 0.0724. The van der Waals surface area contributed by atoms with Crippen molar-refractivity contribution >= 4 is 69.2 Å². The predicted octanol–water partition coefficient (Wildman–Crippen LogP) is 9.37. The van der Waals surface area contributed by atoms with E-state index in [4.69, 9.17) is 0 Å². The first-order valence-electron chi connectivity index (χ1n) is 17.2. The van der Waals surface area contributed by atoms with Crippen LogP contribution in [0, 0.1) is 25.2 Å². The van der Waals surface area contributed by atoms with Crippen LogP contribution in [0.15, 0.2) is 150 Å². The zero-order chi connectivity index (χ0) is 38.7. The maximum atomic E-state index is 14.1. The molecule has 6 aromatic rings. The molecule has 6 rings (SSSR count). The highest BCUT2D eigenvalue weighted by atomic mass is 32.2. The van der Waals surface area contributed by atoms with Crippen molar-refractivity contribution in [2.45, 2.75) is 24.0 Å². The van der Waals surface area contributed by atoms with Gasteiger partial charge in [0.1, 0.15) is 22.0 Å². The van der Waals surface area contributed by atoms with E-state index in [1.807, 2.05) is 85.8 Å². The second kappa shape index (κ2) is 17.9. The summed E-state index contributed by atoms with van der Waals surface area (Å²) in [5.74, 6) is -1.74. The SMILES string of the molecule is Cc1cccc(/C=C(/NC(=O)c2ccccc2)C(=O)Nc2cccc(SC(C(=O)Nc3sc(C(=O)Nc4ccccc4)c(C)c3C#N)c3ccccc3)c2)c1. The topological polar surface area (TPSA) is 140 Å². The lowest BCUT2D eigenvalue weighted by atomic mass is 10.1. The Morgan fingerprint density at radius 2 is 1.36 bits per heavy atom. The van der Waals surface area contributed by atoms with Gasteiger partial charge in [-0.3, -0.25) is 19.2 Å². The lowest BCUT2D eigenvalue weighted by Crippen LogP contribution is -2.30. The number of rotatable bonds is 12. The number of hydrogen-bond donors (Lipinski definition) is 4. The molecule has 9 nitrogen and oxygen atoms in total. The van der Waals surface area contributed by atoms with Crippen LogP contribution in [0.25, 0.3) is 6.08 Å². The van der Waals surface area contributed by atoms with E-state index in [0.717, 1.165) is 22.5 Å². The normalized spacial score (nSPS) is 11.5. The van der Waals surface area contributed by atoms with Crippen LogP contribution in [0.2, 0.25) is 0 Å². The number of anilines is 3. The van der Waals surface area contributed by atoms with Crippen molar-refractivity contribution in [3.63, 3.8) is 0 Å².